The first kappa shape index (κ1) is 19.2. The van der Waals surface area contributed by atoms with Gasteiger partial charge >= 0.3 is 12.3 Å². The van der Waals surface area contributed by atoms with Crippen molar-refractivity contribution in [3.05, 3.63) is 17.8 Å². The van der Waals surface area contributed by atoms with Crippen molar-refractivity contribution in [3.8, 4) is 0 Å². The number of alkyl halides is 3. The van der Waals surface area contributed by atoms with Crippen LogP contribution in [0.4, 0.5) is 23.8 Å². The number of rotatable bonds is 3. The van der Waals surface area contributed by atoms with Gasteiger partial charge in [0.2, 0.25) is 0 Å². The number of carbonyl (C=O) groups is 1. The van der Waals surface area contributed by atoms with E-state index in [1.54, 1.807) is 20.8 Å². The second-order valence-electron chi connectivity index (χ2n) is 5.60. The summed E-state index contributed by atoms with van der Waals surface area (Å²) in [5, 5.41) is 2.07. The van der Waals surface area contributed by atoms with Crippen LogP contribution in [0.2, 0.25) is 0 Å². The molecule has 130 valence electrons. The van der Waals surface area contributed by atoms with Gasteiger partial charge in [0.25, 0.3) is 0 Å². The number of nitrogens with one attached hydrogen (secondary N) is 1. The van der Waals surface area contributed by atoms with E-state index in [0.717, 1.165) is 0 Å². The molecule has 0 unspecified atom stereocenters. The van der Waals surface area contributed by atoms with E-state index in [9.17, 15) is 26.4 Å². The predicted octanol–water partition coefficient (Wildman–Crippen LogP) is 3.24. The van der Waals surface area contributed by atoms with Crippen LogP contribution in [0.25, 0.3) is 0 Å². The summed E-state index contributed by atoms with van der Waals surface area (Å²) in [5.41, 5.74) is -2.08. The Bertz CT molecular complexity index is 694. The number of carbonyl (C=O) groups excluding carboxylic acids is 1. The lowest BCUT2D eigenvalue weighted by atomic mass is 10.2. The van der Waals surface area contributed by atoms with Gasteiger partial charge in [-0.15, -0.1) is 0 Å². The molecule has 1 aromatic rings. The van der Waals surface area contributed by atoms with E-state index < -0.39 is 49.7 Å². The highest BCUT2D eigenvalue weighted by Crippen LogP contribution is 2.32. The quantitative estimate of drug-likeness (QED) is 0.901. The van der Waals surface area contributed by atoms with Crippen molar-refractivity contribution in [2.75, 3.05) is 11.1 Å². The van der Waals surface area contributed by atoms with Crippen LogP contribution in [0.3, 0.4) is 0 Å². The molecule has 0 aliphatic carbocycles. The molecule has 1 heterocycles. The molecule has 0 bridgehead atoms. The standard InChI is InChI=1S/C13H17F3N2O4S/c1-5-23(20,21)9-6-8(13(14,15)16)7-17-10(9)18-11(19)22-12(2,3)4/h6-7H,5H2,1-4H3,(H,17,18,19). The van der Waals surface area contributed by atoms with Crippen molar-refractivity contribution >= 4 is 21.7 Å². The summed E-state index contributed by atoms with van der Waals surface area (Å²) < 4.78 is 67.1. The Labute approximate surface area is 132 Å². The topological polar surface area (TPSA) is 85.4 Å². The Morgan fingerprint density at radius 2 is 1.87 bits per heavy atom. The summed E-state index contributed by atoms with van der Waals surface area (Å²) >= 11 is 0. The molecule has 1 amide bonds. The first-order chi connectivity index (χ1) is 10.3. The van der Waals surface area contributed by atoms with Crippen molar-refractivity contribution < 1.29 is 31.1 Å². The smallest absolute Gasteiger partial charge is 0.417 e. The second-order valence-corrected chi connectivity index (χ2v) is 7.85. The molecule has 1 rings (SSSR count). The highest BCUT2D eigenvalue weighted by molar-refractivity contribution is 7.91. The van der Waals surface area contributed by atoms with Gasteiger partial charge in [0.1, 0.15) is 10.5 Å². The lowest BCUT2D eigenvalue weighted by molar-refractivity contribution is -0.138. The van der Waals surface area contributed by atoms with Crippen LogP contribution in [0.15, 0.2) is 17.2 Å². The molecule has 23 heavy (non-hydrogen) atoms. The maximum Gasteiger partial charge on any atom is 0.417 e. The summed E-state index contributed by atoms with van der Waals surface area (Å²) in [6, 6.07) is 0.443. The minimum Gasteiger partial charge on any atom is -0.444 e. The summed E-state index contributed by atoms with van der Waals surface area (Å²) in [6.07, 6.45) is -5.33. The molecular weight excluding hydrogens is 337 g/mol. The molecule has 1 aromatic heterocycles. The number of amides is 1. The number of nitrogens with zero attached hydrogens (tertiary/aromatic N) is 1. The monoisotopic (exact) mass is 354 g/mol. The molecule has 0 aromatic carbocycles. The zero-order chi connectivity index (χ0) is 18.1. The largest absolute Gasteiger partial charge is 0.444 e. The minimum absolute atomic E-state index is 0.443. The fourth-order valence-electron chi connectivity index (χ4n) is 1.49. The zero-order valence-electron chi connectivity index (χ0n) is 13.0. The Kier molecular flexibility index (Phi) is 5.30. The van der Waals surface area contributed by atoms with Gasteiger partial charge in [-0.05, 0) is 26.8 Å². The van der Waals surface area contributed by atoms with Crippen LogP contribution in [0.1, 0.15) is 33.3 Å². The maximum atomic E-state index is 12.7. The van der Waals surface area contributed by atoms with E-state index in [-0.39, 0.29) is 0 Å². The lowest BCUT2D eigenvalue weighted by Crippen LogP contribution is -2.28. The van der Waals surface area contributed by atoms with Crippen LogP contribution < -0.4 is 5.32 Å². The third kappa shape index (κ3) is 5.38. The molecule has 0 aliphatic rings. The van der Waals surface area contributed by atoms with Crippen LogP contribution in [-0.2, 0) is 20.8 Å². The van der Waals surface area contributed by atoms with Crippen LogP contribution in [-0.4, -0.2) is 30.8 Å². The molecule has 6 nitrogen and oxygen atoms in total. The molecule has 0 fully saturated rings. The summed E-state index contributed by atoms with van der Waals surface area (Å²) in [5.74, 6) is -0.951. The number of aromatic nitrogens is 1. The van der Waals surface area contributed by atoms with Gasteiger partial charge in [0.05, 0.1) is 11.3 Å². The molecule has 1 N–H and O–H groups in total. The van der Waals surface area contributed by atoms with Crippen molar-refractivity contribution in [1.29, 1.82) is 0 Å². The summed E-state index contributed by atoms with van der Waals surface area (Å²) in [4.78, 5) is 14.4. The number of pyridine rings is 1. The number of halogens is 3. The van der Waals surface area contributed by atoms with Gasteiger partial charge in [-0.2, -0.15) is 13.2 Å². The molecular formula is C13H17F3N2O4S. The number of hydrogen-bond acceptors (Lipinski definition) is 5. The predicted molar refractivity (Wildman–Crippen MR) is 76.8 cm³/mol. The Balaban J connectivity index is 3.30. The average molecular weight is 354 g/mol. The van der Waals surface area contributed by atoms with E-state index >= 15 is 0 Å². The van der Waals surface area contributed by atoms with Crippen LogP contribution in [0, 0.1) is 0 Å². The molecule has 0 spiro atoms. The van der Waals surface area contributed by atoms with Crippen molar-refractivity contribution in [2.45, 2.75) is 44.4 Å². The highest BCUT2D eigenvalue weighted by Gasteiger charge is 2.34. The molecule has 0 radical (unpaired) electrons. The first-order valence-corrected chi connectivity index (χ1v) is 8.21. The van der Waals surface area contributed by atoms with Crippen molar-refractivity contribution in [3.63, 3.8) is 0 Å². The number of ether oxygens (including phenoxy) is 1. The fourth-order valence-corrected chi connectivity index (χ4v) is 2.50. The van der Waals surface area contributed by atoms with E-state index in [0.29, 0.717) is 12.3 Å². The first-order valence-electron chi connectivity index (χ1n) is 6.56. The fraction of sp³-hybridized carbons (Fsp3) is 0.538. The molecule has 0 saturated heterocycles. The van der Waals surface area contributed by atoms with Crippen molar-refractivity contribution in [2.24, 2.45) is 0 Å². The van der Waals surface area contributed by atoms with Gasteiger partial charge < -0.3 is 4.74 Å². The maximum absolute atomic E-state index is 12.7. The summed E-state index contributed by atoms with van der Waals surface area (Å²) in [7, 11) is -4.03. The molecule has 0 atom stereocenters. The third-order valence-electron chi connectivity index (χ3n) is 2.51. The van der Waals surface area contributed by atoms with E-state index in [2.05, 4.69) is 10.3 Å². The van der Waals surface area contributed by atoms with Crippen molar-refractivity contribution in [1.82, 2.24) is 4.98 Å². The lowest BCUT2D eigenvalue weighted by Gasteiger charge is -2.20. The highest BCUT2D eigenvalue weighted by atomic mass is 32.2. The minimum atomic E-state index is -4.75. The summed E-state index contributed by atoms with van der Waals surface area (Å²) in [6.45, 7) is 6.01. The van der Waals surface area contributed by atoms with Gasteiger partial charge in [-0.1, -0.05) is 6.92 Å². The average Bonchev–Trinajstić information content (AvgIpc) is 2.35. The van der Waals surface area contributed by atoms with E-state index in [1.165, 1.54) is 6.92 Å². The third-order valence-corrected chi connectivity index (χ3v) is 4.26. The van der Waals surface area contributed by atoms with Gasteiger partial charge in [-0.3, -0.25) is 5.32 Å². The SMILES string of the molecule is CCS(=O)(=O)c1cc(C(F)(F)F)cnc1NC(=O)OC(C)(C)C. The zero-order valence-corrected chi connectivity index (χ0v) is 13.8. The Morgan fingerprint density at radius 3 is 2.30 bits per heavy atom. The number of anilines is 1. The molecule has 0 saturated carbocycles. The normalized spacial score (nSPS) is 12.8. The van der Waals surface area contributed by atoms with Crippen LogP contribution in [0.5, 0.6) is 0 Å². The Morgan fingerprint density at radius 1 is 1.30 bits per heavy atom. The van der Waals surface area contributed by atoms with E-state index in [4.69, 9.17) is 4.74 Å². The van der Waals surface area contributed by atoms with Crippen LogP contribution >= 0.6 is 0 Å². The molecule has 0 aliphatic heterocycles. The number of hydrogen-bond donors (Lipinski definition) is 1. The van der Waals surface area contributed by atoms with Gasteiger partial charge in [0, 0.05) is 6.20 Å². The molecule has 10 heteroatoms. The second kappa shape index (κ2) is 6.34. The van der Waals surface area contributed by atoms with Gasteiger partial charge in [-0.25, -0.2) is 18.2 Å². The Hall–Kier alpha value is -1.84. The van der Waals surface area contributed by atoms with E-state index in [1.807, 2.05) is 0 Å². The number of sulfone groups is 1. The van der Waals surface area contributed by atoms with Gasteiger partial charge in [0.15, 0.2) is 15.7 Å².